The first-order valence-corrected chi connectivity index (χ1v) is 5.73. The van der Waals surface area contributed by atoms with Crippen LogP contribution in [0.15, 0.2) is 12.2 Å². The van der Waals surface area contributed by atoms with E-state index in [1.165, 1.54) is 12.8 Å². The molecule has 0 unspecified atom stereocenters. The lowest BCUT2D eigenvalue weighted by atomic mass is 10.1. The number of carboxylic acids is 1. The minimum Gasteiger partial charge on any atom is -0.481 e. The Balaban J connectivity index is 2.99. The van der Waals surface area contributed by atoms with Crippen molar-refractivity contribution < 1.29 is 9.90 Å². The molecular weight excluding hydrogens is 200 g/mol. The summed E-state index contributed by atoms with van der Waals surface area (Å²) in [5, 5.41) is 8.39. The second-order valence-corrected chi connectivity index (χ2v) is 3.63. The molecule has 0 radical (unpaired) electrons. The van der Waals surface area contributed by atoms with E-state index in [1.807, 2.05) is 6.08 Å². The maximum absolute atomic E-state index is 10.2. The minimum absolute atomic E-state index is 0.312. The molecule has 0 aromatic carbocycles. The summed E-state index contributed by atoms with van der Waals surface area (Å²) in [4.78, 5) is 10.2. The summed E-state index contributed by atoms with van der Waals surface area (Å²) in [6, 6.07) is 0. The van der Waals surface area contributed by atoms with E-state index in [4.69, 9.17) is 16.7 Å². The van der Waals surface area contributed by atoms with Crippen molar-refractivity contribution >= 4 is 17.6 Å². The fourth-order valence-corrected chi connectivity index (χ4v) is 1.38. The number of alkyl halides is 1. The summed E-state index contributed by atoms with van der Waals surface area (Å²) in [7, 11) is 0. The molecule has 82 valence electrons. The molecule has 3 heteroatoms. The van der Waals surface area contributed by atoms with Gasteiger partial charge in [0.25, 0.3) is 0 Å². The monoisotopic (exact) mass is 218 g/mol. The lowest BCUT2D eigenvalue weighted by Crippen LogP contribution is -1.93. The first kappa shape index (κ1) is 13.5. The molecule has 0 saturated carbocycles. The zero-order valence-electron chi connectivity index (χ0n) is 8.54. The summed E-state index contributed by atoms with van der Waals surface area (Å²) in [6.45, 7) is 0. The van der Waals surface area contributed by atoms with Gasteiger partial charge in [-0.1, -0.05) is 31.4 Å². The van der Waals surface area contributed by atoms with Crippen molar-refractivity contribution in [3.63, 3.8) is 0 Å². The average molecular weight is 219 g/mol. The molecule has 0 aliphatic heterocycles. The van der Waals surface area contributed by atoms with Gasteiger partial charge in [0.15, 0.2) is 0 Å². The number of unbranched alkanes of at least 4 members (excludes halogenated alkanes) is 5. The first-order valence-electron chi connectivity index (χ1n) is 5.20. The van der Waals surface area contributed by atoms with E-state index >= 15 is 0 Å². The van der Waals surface area contributed by atoms with Crippen LogP contribution >= 0.6 is 11.6 Å². The summed E-state index contributed by atoms with van der Waals surface area (Å²) < 4.78 is 0. The molecule has 0 fully saturated rings. The molecular formula is C11H19ClO2. The van der Waals surface area contributed by atoms with E-state index in [9.17, 15) is 4.79 Å². The number of halogens is 1. The Morgan fingerprint density at radius 3 is 2.36 bits per heavy atom. The zero-order valence-corrected chi connectivity index (χ0v) is 9.30. The van der Waals surface area contributed by atoms with Gasteiger partial charge in [-0.3, -0.25) is 4.79 Å². The van der Waals surface area contributed by atoms with E-state index in [0.29, 0.717) is 12.3 Å². The Kier molecular flexibility index (Phi) is 10.2. The average Bonchev–Trinajstić information content (AvgIpc) is 2.15. The molecule has 0 saturated heterocycles. The van der Waals surface area contributed by atoms with Crippen LogP contribution in [0.2, 0.25) is 0 Å². The van der Waals surface area contributed by atoms with Gasteiger partial charge in [0.2, 0.25) is 0 Å². The third-order valence-electron chi connectivity index (χ3n) is 2.02. The third-order valence-corrected chi connectivity index (χ3v) is 2.20. The van der Waals surface area contributed by atoms with E-state index in [1.54, 1.807) is 0 Å². The van der Waals surface area contributed by atoms with Crippen molar-refractivity contribution in [3.05, 3.63) is 12.2 Å². The molecule has 0 aromatic heterocycles. The maximum Gasteiger partial charge on any atom is 0.303 e. The largest absolute Gasteiger partial charge is 0.481 e. The van der Waals surface area contributed by atoms with E-state index in [-0.39, 0.29) is 0 Å². The van der Waals surface area contributed by atoms with Crippen LogP contribution < -0.4 is 0 Å². The Morgan fingerprint density at radius 2 is 1.71 bits per heavy atom. The molecule has 2 nitrogen and oxygen atoms in total. The van der Waals surface area contributed by atoms with Crippen LogP contribution in [0.4, 0.5) is 0 Å². The fraction of sp³-hybridized carbons (Fsp3) is 0.727. The van der Waals surface area contributed by atoms with Crippen molar-refractivity contribution in [2.45, 2.75) is 44.9 Å². The summed E-state index contributed by atoms with van der Waals surface area (Å²) in [6.07, 6.45) is 10.8. The maximum atomic E-state index is 10.2. The second kappa shape index (κ2) is 10.6. The number of carboxylic acid groups (broad SMARTS) is 1. The van der Waals surface area contributed by atoms with E-state index in [0.717, 1.165) is 25.7 Å². The number of hydrogen-bond acceptors (Lipinski definition) is 1. The molecule has 0 bridgehead atoms. The van der Waals surface area contributed by atoms with Gasteiger partial charge in [0.1, 0.15) is 0 Å². The van der Waals surface area contributed by atoms with Gasteiger partial charge in [-0.2, -0.15) is 0 Å². The number of hydrogen-bond donors (Lipinski definition) is 1. The van der Waals surface area contributed by atoms with Crippen molar-refractivity contribution in [1.29, 1.82) is 0 Å². The van der Waals surface area contributed by atoms with Gasteiger partial charge in [-0.15, -0.1) is 11.6 Å². The van der Waals surface area contributed by atoms with Crippen LogP contribution in [0.1, 0.15) is 44.9 Å². The molecule has 0 aromatic rings. The van der Waals surface area contributed by atoms with Crippen LogP contribution in [0.3, 0.4) is 0 Å². The Labute approximate surface area is 91.0 Å². The Bertz CT molecular complexity index is 167. The molecule has 0 aliphatic carbocycles. The number of carbonyl (C=O) groups is 1. The summed E-state index contributed by atoms with van der Waals surface area (Å²) in [5.41, 5.74) is 0. The van der Waals surface area contributed by atoms with Crippen molar-refractivity contribution in [2.75, 3.05) is 5.88 Å². The molecule has 14 heavy (non-hydrogen) atoms. The highest BCUT2D eigenvalue weighted by molar-refractivity contribution is 6.18. The normalized spacial score (nSPS) is 10.9. The van der Waals surface area contributed by atoms with Crippen molar-refractivity contribution in [2.24, 2.45) is 0 Å². The van der Waals surface area contributed by atoms with E-state index in [2.05, 4.69) is 6.08 Å². The quantitative estimate of drug-likeness (QED) is 0.365. The summed E-state index contributed by atoms with van der Waals surface area (Å²) >= 11 is 5.47. The van der Waals surface area contributed by atoms with E-state index < -0.39 is 5.97 Å². The van der Waals surface area contributed by atoms with Gasteiger partial charge in [-0.25, -0.2) is 0 Å². The number of aliphatic carboxylic acids is 1. The van der Waals surface area contributed by atoms with Gasteiger partial charge in [0.05, 0.1) is 0 Å². The fourth-order valence-electron chi connectivity index (χ4n) is 1.25. The number of rotatable bonds is 9. The second-order valence-electron chi connectivity index (χ2n) is 3.33. The molecule has 0 spiro atoms. The zero-order chi connectivity index (χ0) is 10.6. The van der Waals surface area contributed by atoms with Crippen LogP contribution in [0.5, 0.6) is 0 Å². The molecule has 0 heterocycles. The number of allylic oxidation sites excluding steroid dienone is 2. The van der Waals surface area contributed by atoms with Crippen molar-refractivity contribution in [3.8, 4) is 0 Å². The first-order chi connectivity index (χ1) is 6.77. The standard InChI is InChI=1S/C11H19ClO2/c12-10-8-6-4-2-1-3-5-7-9-11(13)14/h6,8H,1-5,7,9-10H2,(H,13,14). The molecule has 1 N–H and O–H groups in total. The minimum atomic E-state index is -0.685. The Hall–Kier alpha value is -0.500. The predicted molar refractivity (Wildman–Crippen MR) is 59.8 cm³/mol. The van der Waals surface area contributed by atoms with Gasteiger partial charge >= 0.3 is 5.97 Å². The highest BCUT2D eigenvalue weighted by Gasteiger charge is 1.95. The van der Waals surface area contributed by atoms with Crippen LogP contribution in [-0.2, 0) is 4.79 Å². The van der Waals surface area contributed by atoms with Crippen LogP contribution in [0.25, 0.3) is 0 Å². The van der Waals surface area contributed by atoms with Gasteiger partial charge in [0, 0.05) is 12.3 Å². The smallest absolute Gasteiger partial charge is 0.303 e. The lowest BCUT2D eigenvalue weighted by molar-refractivity contribution is -0.137. The lowest BCUT2D eigenvalue weighted by Gasteiger charge is -1.97. The predicted octanol–water partition coefficient (Wildman–Crippen LogP) is 3.60. The Morgan fingerprint density at radius 1 is 1.07 bits per heavy atom. The third kappa shape index (κ3) is 11.5. The molecule has 0 amide bonds. The van der Waals surface area contributed by atoms with Gasteiger partial charge < -0.3 is 5.11 Å². The SMILES string of the molecule is O=C(O)CCCCCCCC=CCCl. The molecule has 0 atom stereocenters. The molecule has 0 rings (SSSR count). The highest BCUT2D eigenvalue weighted by atomic mass is 35.5. The van der Waals surface area contributed by atoms with Gasteiger partial charge in [-0.05, 0) is 19.3 Å². The molecule has 0 aliphatic rings. The van der Waals surface area contributed by atoms with Crippen LogP contribution in [0, 0.1) is 0 Å². The van der Waals surface area contributed by atoms with Crippen LogP contribution in [-0.4, -0.2) is 17.0 Å². The highest BCUT2D eigenvalue weighted by Crippen LogP contribution is 2.07. The van der Waals surface area contributed by atoms with Crippen molar-refractivity contribution in [1.82, 2.24) is 0 Å². The summed E-state index contributed by atoms with van der Waals surface area (Å²) in [5.74, 6) is -0.0893. The topological polar surface area (TPSA) is 37.3 Å².